The smallest absolute Gasteiger partial charge is 0.137 e. The molecule has 0 radical (unpaired) electrons. The monoisotopic (exact) mass is 295 g/mol. The van der Waals surface area contributed by atoms with Crippen LogP contribution in [0.2, 0.25) is 0 Å². The fourth-order valence-corrected chi connectivity index (χ4v) is 2.72. The number of rotatable bonds is 2. The Morgan fingerprint density at radius 1 is 1.29 bits per heavy atom. The Kier molecular flexibility index (Phi) is 3.13. The van der Waals surface area contributed by atoms with E-state index in [0.717, 1.165) is 43.1 Å². The van der Waals surface area contributed by atoms with Crippen LogP contribution >= 0.6 is 15.9 Å². The lowest BCUT2D eigenvalue weighted by atomic mass is 10.3. The molecule has 2 aromatic heterocycles. The van der Waals surface area contributed by atoms with Crippen LogP contribution in [-0.2, 0) is 11.3 Å². The van der Waals surface area contributed by atoms with Crippen molar-refractivity contribution in [1.82, 2.24) is 14.3 Å². The number of halogens is 1. The first-order chi connectivity index (χ1) is 8.34. The molecule has 0 N–H and O–H groups in total. The Labute approximate surface area is 108 Å². The SMILES string of the molecule is Brc1cccc2ncc(CN3CCOCC3)n12. The van der Waals surface area contributed by atoms with Crippen LogP contribution in [0.15, 0.2) is 29.0 Å². The predicted octanol–water partition coefficient (Wildman–Crippen LogP) is 1.93. The third-order valence-corrected chi connectivity index (χ3v) is 3.66. The minimum absolute atomic E-state index is 0.831. The highest BCUT2D eigenvalue weighted by Gasteiger charge is 2.13. The van der Waals surface area contributed by atoms with Gasteiger partial charge in [0.25, 0.3) is 0 Å². The lowest BCUT2D eigenvalue weighted by Crippen LogP contribution is -2.35. The third kappa shape index (κ3) is 2.22. The fraction of sp³-hybridized carbons (Fsp3) is 0.417. The Balaban J connectivity index is 1.89. The molecule has 1 saturated heterocycles. The van der Waals surface area contributed by atoms with E-state index in [1.807, 2.05) is 24.4 Å². The zero-order valence-corrected chi connectivity index (χ0v) is 11.1. The van der Waals surface area contributed by atoms with Gasteiger partial charge < -0.3 is 4.74 Å². The zero-order valence-electron chi connectivity index (χ0n) is 9.47. The maximum atomic E-state index is 5.36. The first-order valence-corrected chi connectivity index (χ1v) is 6.55. The van der Waals surface area contributed by atoms with Gasteiger partial charge >= 0.3 is 0 Å². The summed E-state index contributed by atoms with van der Waals surface area (Å²) in [5.41, 5.74) is 2.21. The molecule has 0 spiro atoms. The quantitative estimate of drug-likeness (QED) is 0.793. The second kappa shape index (κ2) is 4.76. The predicted molar refractivity (Wildman–Crippen MR) is 69.0 cm³/mol. The summed E-state index contributed by atoms with van der Waals surface area (Å²) in [6.07, 6.45) is 1.95. The van der Waals surface area contributed by atoms with E-state index in [0.29, 0.717) is 0 Å². The summed E-state index contributed by atoms with van der Waals surface area (Å²) >= 11 is 3.57. The first-order valence-electron chi connectivity index (χ1n) is 5.75. The van der Waals surface area contributed by atoms with Crippen LogP contribution in [0, 0.1) is 0 Å². The van der Waals surface area contributed by atoms with E-state index in [2.05, 4.69) is 30.2 Å². The van der Waals surface area contributed by atoms with Gasteiger partial charge in [0.1, 0.15) is 5.65 Å². The van der Waals surface area contributed by atoms with Gasteiger partial charge in [-0.05, 0) is 28.1 Å². The minimum Gasteiger partial charge on any atom is -0.379 e. The highest BCUT2D eigenvalue weighted by molar-refractivity contribution is 9.10. The van der Waals surface area contributed by atoms with Crippen LogP contribution in [0.25, 0.3) is 5.65 Å². The zero-order chi connectivity index (χ0) is 11.7. The molecule has 1 aliphatic heterocycles. The van der Waals surface area contributed by atoms with E-state index in [1.165, 1.54) is 5.69 Å². The van der Waals surface area contributed by atoms with Crippen molar-refractivity contribution in [3.05, 3.63) is 34.7 Å². The van der Waals surface area contributed by atoms with Crippen LogP contribution in [0.3, 0.4) is 0 Å². The molecule has 3 rings (SSSR count). The molecule has 5 heteroatoms. The van der Waals surface area contributed by atoms with Crippen molar-refractivity contribution in [2.45, 2.75) is 6.54 Å². The number of ether oxygens (including phenoxy) is 1. The summed E-state index contributed by atoms with van der Waals surface area (Å²) in [6, 6.07) is 6.07. The number of fused-ring (bicyclic) bond motifs is 1. The number of pyridine rings is 1. The molecule has 0 unspecified atom stereocenters. The minimum atomic E-state index is 0.831. The molecule has 0 bridgehead atoms. The second-order valence-corrected chi connectivity index (χ2v) is 4.99. The van der Waals surface area contributed by atoms with Crippen molar-refractivity contribution in [3.63, 3.8) is 0 Å². The fourth-order valence-electron chi connectivity index (χ4n) is 2.16. The molecule has 0 aromatic carbocycles. The highest BCUT2D eigenvalue weighted by Crippen LogP contribution is 2.17. The normalized spacial score (nSPS) is 17.7. The van der Waals surface area contributed by atoms with Crippen molar-refractivity contribution in [3.8, 4) is 0 Å². The molecule has 17 heavy (non-hydrogen) atoms. The standard InChI is InChI=1S/C12H14BrN3O/c13-11-2-1-3-12-14-8-10(16(11)12)9-15-4-6-17-7-5-15/h1-3,8H,4-7,9H2. The molecule has 0 aliphatic carbocycles. The van der Waals surface area contributed by atoms with E-state index in [4.69, 9.17) is 4.74 Å². The summed E-state index contributed by atoms with van der Waals surface area (Å²) < 4.78 is 8.56. The Hall–Kier alpha value is -0.910. The third-order valence-electron chi connectivity index (χ3n) is 3.04. The number of hydrogen-bond acceptors (Lipinski definition) is 3. The number of aromatic nitrogens is 2. The van der Waals surface area contributed by atoms with Crippen LogP contribution < -0.4 is 0 Å². The van der Waals surface area contributed by atoms with Crippen molar-refractivity contribution in [2.24, 2.45) is 0 Å². The largest absolute Gasteiger partial charge is 0.379 e. The molecule has 90 valence electrons. The van der Waals surface area contributed by atoms with Gasteiger partial charge in [0, 0.05) is 19.6 Å². The van der Waals surface area contributed by atoms with Gasteiger partial charge in [-0.1, -0.05) is 6.07 Å². The van der Waals surface area contributed by atoms with Gasteiger partial charge in [0.15, 0.2) is 0 Å². The first kappa shape index (κ1) is 11.2. The maximum Gasteiger partial charge on any atom is 0.137 e. The lowest BCUT2D eigenvalue weighted by Gasteiger charge is -2.26. The Bertz CT molecular complexity index is 519. The van der Waals surface area contributed by atoms with Gasteiger partial charge in [0.2, 0.25) is 0 Å². The summed E-state index contributed by atoms with van der Waals surface area (Å²) in [5, 5.41) is 0. The number of nitrogens with zero attached hydrogens (tertiary/aromatic N) is 3. The van der Waals surface area contributed by atoms with Crippen LogP contribution in [0.1, 0.15) is 5.69 Å². The van der Waals surface area contributed by atoms with E-state index >= 15 is 0 Å². The Morgan fingerprint density at radius 2 is 2.12 bits per heavy atom. The Morgan fingerprint density at radius 3 is 2.94 bits per heavy atom. The summed E-state index contributed by atoms with van der Waals surface area (Å²) in [4.78, 5) is 6.82. The molecule has 2 aromatic rings. The van der Waals surface area contributed by atoms with Crippen molar-refractivity contribution >= 4 is 21.6 Å². The van der Waals surface area contributed by atoms with Gasteiger partial charge in [-0.2, -0.15) is 0 Å². The van der Waals surface area contributed by atoms with Crippen molar-refractivity contribution < 1.29 is 4.74 Å². The number of imidazole rings is 1. The van der Waals surface area contributed by atoms with Crippen LogP contribution in [0.4, 0.5) is 0 Å². The molecule has 1 aliphatic rings. The lowest BCUT2D eigenvalue weighted by molar-refractivity contribution is 0.0335. The average Bonchev–Trinajstić information content (AvgIpc) is 2.75. The van der Waals surface area contributed by atoms with Gasteiger partial charge in [-0.25, -0.2) is 4.98 Å². The molecule has 0 atom stereocenters. The van der Waals surface area contributed by atoms with Crippen molar-refractivity contribution in [2.75, 3.05) is 26.3 Å². The van der Waals surface area contributed by atoms with Crippen molar-refractivity contribution in [1.29, 1.82) is 0 Å². The highest BCUT2D eigenvalue weighted by atomic mass is 79.9. The maximum absolute atomic E-state index is 5.36. The molecule has 0 saturated carbocycles. The molecule has 1 fully saturated rings. The van der Waals surface area contributed by atoms with Crippen LogP contribution in [0.5, 0.6) is 0 Å². The van der Waals surface area contributed by atoms with Gasteiger partial charge in [-0.3, -0.25) is 9.30 Å². The summed E-state index contributed by atoms with van der Waals surface area (Å²) in [7, 11) is 0. The number of morpholine rings is 1. The average molecular weight is 296 g/mol. The van der Waals surface area contributed by atoms with Gasteiger partial charge in [-0.15, -0.1) is 0 Å². The molecule has 0 amide bonds. The molecule has 4 nitrogen and oxygen atoms in total. The number of hydrogen-bond donors (Lipinski definition) is 0. The van der Waals surface area contributed by atoms with Gasteiger partial charge in [0.05, 0.1) is 29.7 Å². The second-order valence-electron chi connectivity index (χ2n) is 4.18. The summed E-state index contributed by atoms with van der Waals surface area (Å²) in [5.74, 6) is 0. The topological polar surface area (TPSA) is 29.8 Å². The van der Waals surface area contributed by atoms with E-state index in [1.54, 1.807) is 0 Å². The molecular weight excluding hydrogens is 282 g/mol. The van der Waals surface area contributed by atoms with E-state index in [-0.39, 0.29) is 0 Å². The van der Waals surface area contributed by atoms with E-state index < -0.39 is 0 Å². The van der Waals surface area contributed by atoms with Crippen LogP contribution in [-0.4, -0.2) is 40.6 Å². The van der Waals surface area contributed by atoms with E-state index in [9.17, 15) is 0 Å². The molecule has 3 heterocycles. The summed E-state index contributed by atoms with van der Waals surface area (Å²) in [6.45, 7) is 4.58. The molecular formula is C12H14BrN3O.